The number of carbonyl (C=O) groups excluding carboxylic acids is 1. The maximum absolute atomic E-state index is 13.8. The highest BCUT2D eigenvalue weighted by Gasteiger charge is 2.12. The van der Waals surface area contributed by atoms with Crippen molar-refractivity contribution in [1.82, 2.24) is 0 Å². The lowest BCUT2D eigenvalue weighted by molar-refractivity contribution is 0.112. The number of aryl methyl sites for hydroxylation is 2. The van der Waals surface area contributed by atoms with Gasteiger partial charge in [-0.1, -0.05) is 12.1 Å². The van der Waals surface area contributed by atoms with Gasteiger partial charge in [0.25, 0.3) is 0 Å². The van der Waals surface area contributed by atoms with E-state index in [2.05, 4.69) is 19.9 Å². The van der Waals surface area contributed by atoms with Crippen LogP contribution < -0.4 is 0 Å². The summed E-state index contributed by atoms with van der Waals surface area (Å²) in [7, 11) is 0. The van der Waals surface area contributed by atoms with Gasteiger partial charge in [0.1, 0.15) is 5.82 Å². The first-order chi connectivity index (χ1) is 8.95. The average molecular weight is 256 g/mol. The maximum Gasteiger partial charge on any atom is 0.152 e. The number of benzene rings is 2. The number of rotatable bonds is 2. The van der Waals surface area contributed by atoms with E-state index in [9.17, 15) is 9.18 Å². The van der Waals surface area contributed by atoms with Gasteiger partial charge in [0.2, 0.25) is 0 Å². The number of carbonyl (C=O) groups is 1. The van der Waals surface area contributed by atoms with Crippen molar-refractivity contribution in [3.63, 3.8) is 0 Å². The van der Waals surface area contributed by atoms with Crippen molar-refractivity contribution in [2.75, 3.05) is 0 Å². The lowest BCUT2D eigenvalue weighted by atomic mass is 9.89. The Morgan fingerprint density at radius 1 is 0.947 bits per heavy atom. The van der Waals surface area contributed by atoms with Crippen molar-refractivity contribution in [1.29, 1.82) is 0 Å². The third-order valence-corrected chi connectivity index (χ3v) is 3.78. The van der Waals surface area contributed by atoms with E-state index in [1.165, 1.54) is 23.3 Å². The molecule has 1 nitrogen and oxygen atoms in total. The largest absolute Gasteiger partial charge is 0.298 e. The fourth-order valence-corrected chi connectivity index (χ4v) is 2.43. The van der Waals surface area contributed by atoms with E-state index in [1.54, 1.807) is 6.07 Å². The minimum Gasteiger partial charge on any atom is -0.298 e. The summed E-state index contributed by atoms with van der Waals surface area (Å²) in [5.41, 5.74) is 6.68. The number of halogens is 1. The Morgan fingerprint density at radius 3 is 2.00 bits per heavy atom. The molecule has 0 unspecified atom stereocenters. The summed E-state index contributed by atoms with van der Waals surface area (Å²) in [5.74, 6) is -0.467. The van der Waals surface area contributed by atoms with Crippen LogP contribution in [0.1, 0.15) is 32.6 Å². The molecule has 0 atom stereocenters. The monoisotopic (exact) mass is 256 g/mol. The summed E-state index contributed by atoms with van der Waals surface area (Å²) in [6.07, 6.45) is 0.542. The van der Waals surface area contributed by atoms with Crippen LogP contribution in [0.2, 0.25) is 0 Å². The highest BCUT2D eigenvalue weighted by Crippen LogP contribution is 2.32. The molecule has 2 heteroatoms. The second kappa shape index (κ2) is 4.96. The molecule has 0 N–H and O–H groups in total. The number of hydrogen-bond acceptors (Lipinski definition) is 1. The third kappa shape index (κ3) is 2.30. The molecule has 0 amide bonds. The lowest BCUT2D eigenvalue weighted by Crippen LogP contribution is -1.96. The van der Waals surface area contributed by atoms with Crippen LogP contribution in [0.5, 0.6) is 0 Å². The fraction of sp³-hybridized carbons (Fsp3) is 0.235. The van der Waals surface area contributed by atoms with Gasteiger partial charge in [0, 0.05) is 0 Å². The Morgan fingerprint density at radius 2 is 1.53 bits per heavy atom. The van der Waals surface area contributed by atoms with Crippen LogP contribution >= 0.6 is 0 Å². The zero-order valence-electron chi connectivity index (χ0n) is 11.7. The van der Waals surface area contributed by atoms with Crippen molar-refractivity contribution < 1.29 is 9.18 Å². The molecule has 0 radical (unpaired) electrons. The van der Waals surface area contributed by atoms with Gasteiger partial charge in [0.05, 0.1) is 5.56 Å². The molecule has 0 aliphatic rings. The van der Waals surface area contributed by atoms with Gasteiger partial charge in [-0.25, -0.2) is 4.39 Å². The van der Waals surface area contributed by atoms with Crippen LogP contribution in [0, 0.1) is 33.5 Å². The van der Waals surface area contributed by atoms with Gasteiger partial charge in [-0.2, -0.15) is 0 Å². The zero-order valence-corrected chi connectivity index (χ0v) is 11.7. The Kier molecular flexibility index (Phi) is 3.52. The molecule has 0 aliphatic carbocycles. The Balaban J connectivity index is 2.72. The molecule has 2 rings (SSSR count). The molecule has 0 fully saturated rings. The van der Waals surface area contributed by atoms with E-state index in [0.717, 1.165) is 22.3 Å². The minimum atomic E-state index is -0.467. The van der Waals surface area contributed by atoms with Crippen molar-refractivity contribution in [2.45, 2.75) is 27.7 Å². The quantitative estimate of drug-likeness (QED) is 0.721. The molecule has 0 aromatic heterocycles. The molecule has 0 spiro atoms. The smallest absolute Gasteiger partial charge is 0.152 e. The first-order valence-corrected chi connectivity index (χ1v) is 6.28. The van der Waals surface area contributed by atoms with E-state index in [1.807, 2.05) is 13.8 Å². The molecule has 0 saturated heterocycles. The molecule has 2 aromatic carbocycles. The SMILES string of the molecule is Cc1cc(C)c(C)c(-c2ccc(C=O)c(F)c2)c1C. The minimum absolute atomic E-state index is 0.100. The van der Waals surface area contributed by atoms with Crippen LogP contribution in [0.15, 0.2) is 24.3 Å². The van der Waals surface area contributed by atoms with E-state index >= 15 is 0 Å². The molecule has 0 bridgehead atoms. The van der Waals surface area contributed by atoms with Gasteiger partial charge in [-0.3, -0.25) is 4.79 Å². The van der Waals surface area contributed by atoms with Crippen LogP contribution in [-0.2, 0) is 0 Å². The highest BCUT2D eigenvalue weighted by atomic mass is 19.1. The molecule has 2 aromatic rings. The third-order valence-electron chi connectivity index (χ3n) is 3.78. The Hall–Kier alpha value is -1.96. The summed E-state index contributed by atoms with van der Waals surface area (Å²) in [6.45, 7) is 8.20. The van der Waals surface area contributed by atoms with Crippen LogP contribution in [0.3, 0.4) is 0 Å². The molecular weight excluding hydrogens is 239 g/mol. The Bertz CT molecular complexity index is 631. The molecular formula is C17H17FO. The van der Waals surface area contributed by atoms with Crippen LogP contribution in [-0.4, -0.2) is 6.29 Å². The predicted molar refractivity (Wildman–Crippen MR) is 76.2 cm³/mol. The summed E-state index contributed by atoms with van der Waals surface area (Å²) < 4.78 is 13.8. The normalized spacial score (nSPS) is 10.6. The number of aldehydes is 1. The fourth-order valence-electron chi connectivity index (χ4n) is 2.43. The predicted octanol–water partition coefficient (Wildman–Crippen LogP) is 4.54. The van der Waals surface area contributed by atoms with Crippen molar-refractivity contribution in [2.24, 2.45) is 0 Å². The summed E-state index contributed by atoms with van der Waals surface area (Å²) in [4.78, 5) is 10.7. The average Bonchev–Trinajstić information content (AvgIpc) is 2.37. The maximum atomic E-state index is 13.8. The number of hydrogen-bond donors (Lipinski definition) is 0. The molecule has 0 aliphatic heterocycles. The second-order valence-corrected chi connectivity index (χ2v) is 4.99. The molecule has 0 saturated carbocycles. The standard InChI is InChI=1S/C17H17FO/c1-10-7-11(2)13(4)17(12(10)3)14-5-6-15(9-19)16(18)8-14/h5-9H,1-4H3. The first kappa shape index (κ1) is 13.5. The van der Waals surface area contributed by atoms with Crippen molar-refractivity contribution >= 4 is 6.29 Å². The van der Waals surface area contributed by atoms with Gasteiger partial charge in [0.15, 0.2) is 6.29 Å². The van der Waals surface area contributed by atoms with E-state index < -0.39 is 5.82 Å². The van der Waals surface area contributed by atoms with Gasteiger partial charge in [-0.05, 0) is 73.2 Å². The second-order valence-electron chi connectivity index (χ2n) is 4.99. The lowest BCUT2D eigenvalue weighted by Gasteiger charge is -2.16. The topological polar surface area (TPSA) is 17.1 Å². The first-order valence-electron chi connectivity index (χ1n) is 6.28. The summed E-state index contributed by atoms with van der Waals surface area (Å²) in [6, 6.07) is 6.93. The van der Waals surface area contributed by atoms with E-state index in [0.29, 0.717) is 6.29 Å². The van der Waals surface area contributed by atoms with Crippen molar-refractivity contribution in [3.05, 3.63) is 57.9 Å². The van der Waals surface area contributed by atoms with E-state index in [-0.39, 0.29) is 5.56 Å². The van der Waals surface area contributed by atoms with E-state index in [4.69, 9.17) is 0 Å². The molecule has 98 valence electrons. The summed E-state index contributed by atoms with van der Waals surface area (Å²) in [5, 5.41) is 0. The molecule has 19 heavy (non-hydrogen) atoms. The van der Waals surface area contributed by atoms with Gasteiger partial charge in [-0.15, -0.1) is 0 Å². The van der Waals surface area contributed by atoms with Gasteiger partial charge < -0.3 is 0 Å². The Labute approximate surface area is 113 Å². The van der Waals surface area contributed by atoms with Gasteiger partial charge >= 0.3 is 0 Å². The van der Waals surface area contributed by atoms with Crippen molar-refractivity contribution in [3.8, 4) is 11.1 Å². The zero-order chi connectivity index (χ0) is 14.2. The molecule has 0 heterocycles. The summed E-state index contributed by atoms with van der Waals surface area (Å²) >= 11 is 0. The van der Waals surface area contributed by atoms with Crippen LogP contribution in [0.25, 0.3) is 11.1 Å². The van der Waals surface area contributed by atoms with Crippen LogP contribution in [0.4, 0.5) is 4.39 Å². The highest BCUT2D eigenvalue weighted by molar-refractivity contribution is 5.79.